The predicted molar refractivity (Wildman–Crippen MR) is 81.5 cm³/mol. The summed E-state index contributed by atoms with van der Waals surface area (Å²) in [6.45, 7) is 10.8. The molecule has 2 fully saturated rings. The Morgan fingerprint density at radius 2 is 1.63 bits per heavy atom. The molecular weight excluding hydrogens is 257 g/mol. The lowest BCUT2D eigenvalue weighted by atomic mass is 9.88. The summed E-state index contributed by atoms with van der Waals surface area (Å²) >= 11 is 1.80. The highest BCUT2D eigenvalue weighted by Gasteiger charge is 2.52. The summed E-state index contributed by atoms with van der Waals surface area (Å²) in [5.74, 6) is 0. The Labute approximate surface area is 120 Å². The van der Waals surface area contributed by atoms with Crippen LogP contribution in [0.4, 0.5) is 5.00 Å². The zero-order chi connectivity index (χ0) is 13.7. The lowest BCUT2D eigenvalue weighted by molar-refractivity contribution is 0.00578. The summed E-state index contributed by atoms with van der Waals surface area (Å²) in [7, 11) is -0.216. The molecule has 0 bridgehead atoms. The molecule has 2 saturated heterocycles. The van der Waals surface area contributed by atoms with Crippen LogP contribution in [-0.2, 0) is 9.31 Å². The molecule has 1 aromatic rings. The van der Waals surface area contributed by atoms with E-state index in [1.165, 1.54) is 35.7 Å². The van der Waals surface area contributed by atoms with Crippen molar-refractivity contribution in [2.24, 2.45) is 0 Å². The standard InChI is InChI=1S/C14H22BNO2S/c1-13(2)14(3,4)18-15(17-13)11-7-8-12(19-11)16-9-5-6-10-16/h7-8H,5-6,9-10H2,1-4H3. The second-order valence-electron chi connectivity index (χ2n) is 6.46. The summed E-state index contributed by atoms with van der Waals surface area (Å²) in [4.78, 5) is 2.46. The van der Waals surface area contributed by atoms with Crippen LogP contribution in [0.15, 0.2) is 12.1 Å². The Kier molecular flexibility index (Phi) is 3.19. The minimum Gasteiger partial charge on any atom is -0.399 e. The topological polar surface area (TPSA) is 21.7 Å². The van der Waals surface area contributed by atoms with Crippen molar-refractivity contribution in [3.8, 4) is 0 Å². The quantitative estimate of drug-likeness (QED) is 0.777. The van der Waals surface area contributed by atoms with Gasteiger partial charge in [0.2, 0.25) is 0 Å². The van der Waals surface area contributed by atoms with Crippen molar-refractivity contribution in [2.75, 3.05) is 18.0 Å². The van der Waals surface area contributed by atoms with Gasteiger partial charge in [-0.15, -0.1) is 11.3 Å². The van der Waals surface area contributed by atoms with Crippen molar-refractivity contribution in [3.63, 3.8) is 0 Å². The molecule has 0 amide bonds. The smallest absolute Gasteiger partial charge is 0.399 e. The second kappa shape index (κ2) is 4.50. The molecule has 0 radical (unpaired) electrons. The summed E-state index contributed by atoms with van der Waals surface area (Å²) < 4.78 is 13.4. The van der Waals surface area contributed by atoms with Crippen molar-refractivity contribution in [2.45, 2.75) is 51.7 Å². The van der Waals surface area contributed by atoms with E-state index in [0.29, 0.717) is 0 Å². The third-order valence-corrected chi connectivity index (χ3v) is 5.68. The SMILES string of the molecule is CC1(C)OB(c2ccc(N3CCCC3)s2)OC1(C)C. The summed E-state index contributed by atoms with van der Waals surface area (Å²) in [6, 6.07) is 4.36. The molecule has 0 spiro atoms. The van der Waals surface area contributed by atoms with E-state index >= 15 is 0 Å². The molecule has 0 atom stereocenters. The molecule has 104 valence electrons. The van der Waals surface area contributed by atoms with E-state index in [4.69, 9.17) is 9.31 Å². The maximum Gasteiger partial charge on any atom is 0.505 e. The molecule has 0 aromatic carbocycles. The van der Waals surface area contributed by atoms with Crippen LogP contribution >= 0.6 is 11.3 Å². The van der Waals surface area contributed by atoms with Gasteiger partial charge in [-0.05, 0) is 52.7 Å². The summed E-state index contributed by atoms with van der Waals surface area (Å²) in [6.07, 6.45) is 2.62. The number of rotatable bonds is 2. The lowest BCUT2D eigenvalue weighted by Gasteiger charge is -2.32. The van der Waals surface area contributed by atoms with Gasteiger partial charge in [0, 0.05) is 17.9 Å². The fraction of sp³-hybridized carbons (Fsp3) is 0.714. The van der Waals surface area contributed by atoms with Gasteiger partial charge >= 0.3 is 7.12 Å². The van der Waals surface area contributed by atoms with Crippen LogP contribution in [-0.4, -0.2) is 31.4 Å². The highest BCUT2D eigenvalue weighted by molar-refractivity contribution is 7.25. The van der Waals surface area contributed by atoms with Crippen LogP contribution in [0.3, 0.4) is 0 Å². The molecule has 0 unspecified atom stereocenters. The van der Waals surface area contributed by atoms with Gasteiger partial charge < -0.3 is 14.2 Å². The van der Waals surface area contributed by atoms with E-state index in [1.54, 1.807) is 11.3 Å². The van der Waals surface area contributed by atoms with Crippen molar-refractivity contribution in [1.29, 1.82) is 0 Å². The molecule has 2 aliphatic heterocycles. The van der Waals surface area contributed by atoms with Crippen LogP contribution in [0, 0.1) is 0 Å². The number of hydrogen-bond donors (Lipinski definition) is 0. The van der Waals surface area contributed by atoms with Gasteiger partial charge in [-0.25, -0.2) is 0 Å². The van der Waals surface area contributed by atoms with Gasteiger partial charge in [0.15, 0.2) is 0 Å². The molecule has 0 saturated carbocycles. The summed E-state index contributed by atoms with van der Waals surface area (Å²) in [5, 5.41) is 1.35. The van der Waals surface area contributed by atoms with Crippen LogP contribution < -0.4 is 9.68 Å². The fourth-order valence-electron chi connectivity index (χ4n) is 2.54. The third-order valence-electron chi connectivity index (χ3n) is 4.52. The second-order valence-corrected chi connectivity index (χ2v) is 7.55. The Hall–Kier alpha value is -0.515. The normalized spacial score (nSPS) is 25.3. The molecule has 3 nitrogen and oxygen atoms in total. The van der Waals surface area contributed by atoms with Crippen LogP contribution in [0.5, 0.6) is 0 Å². The molecule has 3 heterocycles. The first-order valence-corrected chi connectivity index (χ1v) is 7.91. The lowest BCUT2D eigenvalue weighted by Crippen LogP contribution is -2.41. The first-order valence-electron chi connectivity index (χ1n) is 7.09. The van der Waals surface area contributed by atoms with Crippen molar-refractivity contribution in [1.82, 2.24) is 0 Å². The maximum absolute atomic E-state index is 6.10. The predicted octanol–water partition coefficient (Wildman–Crippen LogP) is 2.65. The average molecular weight is 279 g/mol. The van der Waals surface area contributed by atoms with Gasteiger partial charge in [-0.1, -0.05) is 0 Å². The van der Waals surface area contributed by atoms with E-state index in [1.807, 2.05) is 0 Å². The number of hydrogen-bond acceptors (Lipinski definition) is 4. The van der Waals surface area contributed by atoms with E-state index in [2.05, 4.69) is 44.7 Å². The molecule has 2 aliphatic rings. The summed E-state index contributed by atoms with van der Waals surface area (Å²) in [5.41, 5.74) is -0.509. The number of thiophene rings is 1. The van der Waals surface area contributed by atoms with Gasteiger partial charge in [0.1, 0.15) is 0 Å². The highest BCUT2D eigenvalue weighted by atomic mass is 32.1. The zero-order valence-electron chi connectivity index (χ0n) is 12.2. The van der Waals surface area contributed by atoms with Gasteiger partial charge in [0.05, 0.1) is 16.2 Å². The zero-order valence-corrected chi connectivity index (χ0v) is 13.0. The number of anilines is 1. The van der Waals surface area contributed by atoms with E-state index < -0.39 is 0 Å². The van der Waals surface area contributed by atoms with E-state index in [9.17, 15) is 0 Å². The molecule has 0 aliphatic carbocycles. The van der Waals surface area contributed by atoms with Crippen LogP contribution in [0.2, 0.25) is 0 Å². The minimum absolute atomic E-state index is 0.216. The van der Waals surface area contributed by atoms with Gasteiger partial charge in [-0.2, -0.15) is 0 Å². The largest absolute Gasteiger partial charge is 0.505 e. The average Bonchev–Trinajstić information content (AvgIpc) is 3.00. The molecule has 0 N–H and O–H groups in total. The molecule has 3 rings (SSSR count). The Morgan fingerprint density at radius 3 is 2.21 bits per heavy atom. The first kappa shape index (κ1) is 13.5. The van der Waals surface area contributed by atoms with Crippen LogP contribution in [0.25, 0.3) is 0 Å². The van der Waals surface area contributed by atoms with Crippen molar-refractivity contribution in [3.05, 3.63) is 12.1 Å². The third kappa shape index (κ3) is 2.32. The monoisotopic (exact) mass is 279 g/mol. The Balaban J connectivity index is 1.77. The van der Waals surface area contributed by atoms with E-state index in [-0.39, 0.29) is 18.3 Å². The highest BCUT2D eigenvalue weighted by Crippen LogP contribution is 2.37. The maximum atomic E-state index is 6.10. The van der Waals surface area contributed by atoms with Gasteiger partial charge in [-0.3, -0.25) is 0 Å². The van der Waals surface area contributed by atoms with Crippen molar-refractivity contribution < 1.29 is 9.31 Å². The molecule has 5 heteroatoms. The molecular formula is C14H22BNO2S. The van der Waals surface area contributed by atoms with Crippen molar-refractivity contribution >= 4 is 28.2 Å². The Morgan fingerprint density at radius 1 is 1.05 bits per heavy atom. The fourth-order valence-corrected chi connectivity index (χ4v) is 3.55. The number of nitrogens with zero attached hydrogens (tertiary/aromatic N) is 1. The minimum atomic E-state index is -0.254. The Bertz CT molecular complexity index is 450. The molecule has 19 heavy (non-hydrogen) atoms. The first-order chi connectivity index (χ1) is 8.89. The van der Waals surface area contributed by atoms with Crippen LogP contribution in [0.1, 0.15) is 40.5 Å². The van der Waals surface area contributed by atoms with Gasteiger partial charge in [0.25, 0.3) is 0 Å². The van der Waals surface area contributed by atoms with E-state index in [0.717, 1.165) is 0 Å². The molecule has 1 aromatic heterocycles.